The van der Waals surface area contributed by atoms with Crippen LogP contribution in [0, 0.1) is 0 Å². The van der Waals surface area contributed by atoms with Gasteiger partial charge < -0.3 is 20.5 Å². The molecule has 3 N–H and O–H groups in total. The van der Waals surface area contributed by atoms with Crippen LogP contribution < -0.4 is 20.5 Å². The van der Waals surface area contributed by atoms with Crippen molar-refractivity contribution in [2.75, 3.05) is 19.5 Å². The van der Waals surface area contributed by atoms with E-state index in [1.807, 2.05) is 6.07 Å². The van der Waals surface area contributed by atoms with E-state index in [0.29, 0.717) is 33.8 Å². The van der Waals surface area contributed by atoms with Crippen LogP contribution in [0.4, 0.5) is 5.69 Å². The molecule has 130 valence electrons. The van der Waals surface area contributed by atoms with E-state index in [0.717, 1.165) is 5.56 Å². The van der Waals surface area contributed by atoms with E-state index in [2.05, 4.69) is 10.3 Å². The van der Waals surface area contributed by atoms with Gasteiger partial charge in [0.05, 0.1) is 26.5 Å². The van der Waals surface area contributed by atoms with Crippen molar-refractivity contribution < 1.29 is 9.47 Å². The maximum absolute atomic E-state index is 6.11. The number of benzene rings is 2. The molecule has 8 heteroatoms. The fourth-order valence-corrected chi connectivity index (χ4v) is 2.38. The first-order chi connectivity index (χ1) is 11.0. The molecule has 2 rings (SSSR count). The second-order valence-corrected chi connectivity index (χ2v) is 5.47. The molecule has 0 spiro atoms. The van der Waals surface area contributed by atoms with Crippen LogP contribution in [0.1, 0.15) is 5.56 Å². The predicted octanol–water partition coefficient (Wildman–Crippen LogP) is 4.56. The molecular weight excluding hydrogens is 464 g/mol. The van der Waals surface area contributed by atoms with Crippen LogP contribution in [0.15, 0.2) is 41.4 Å². The number of nitrogens with zero attached hydrogens (tertiary/aromatic N) is 1. The van der Waals surface area contributed by atoms with E-state index in [4.69, 9.17) is 38.4 Å². The van der Waals surface area contributed by atoms with Crippen molar-refractivity contribution in [2.24, 2.45) is 10.7 Å². The van der Waals surface area contributed by atoms with E-state index >= 15 is 0 Å². The summed E-state index contributed by atoms with van der Waals surface area (Å²) in [6, 6.07) is 10.6. The van der Waals surface area contributed by atoms with Crippen LogP contribution >= 0.6 is 47.2 Å². The Morgan fingerprint density at radius 2 is 1.88 bits per heavy atom. The molecule has 0 heterocycles. The van der Waals surface area contributed by atoms with E-state index in [1.54, 1.807) is 44.6 Å². The van der Waals surface area contributed by atoms with Crippen LogP contribution in [0.25, 0.3) is 0 Å². The van der Waals surface area contributed by atoms with Gasteiger partial charge in [-0.2, -0.15) is 0 Å². The van der Waals surface area contributed by atoms with Gasteiger partial charge in [0.2, 0.25) is 0 Å². The zero-order chi connectivity index (χ0) is 16.8. The van der Waals surface area contributed by atoms with Gasteiger partial charge in [0, 0.05) is 16.1 Å². The second kappa shape index (κ2) is 9.80. The standard InChI is InChI=1S/C16H17Cl2N3O2.HI/c1-22-12-5-6-15(23-2)14(8-12)21-16(19)20-9-10-3-4-11(17)7-13(10)18;/h3-8H,9H2,1-2H3,(H3,19,20,21);1H. The second-order valence-electron chi connectivity index (χ2n) is 4.63. The first-order valence-corrected chi connectivity index (χ1v) is 7.52. The van der Waals surface area contributed by atoms with Gasteiger partial charge in [0.1, 0.15) is 11.5 Å². The Labute approximate surface area is 168 Å². The van der Waals surface area contributed by atoms with E-state index in [9.17, 15) is 0 Å². The molecule has 0 fully saturated rings. The molecule has 0 radical (unpaired) electrons. The molecule has 0 saturated carbocycles. The summed E-state index contributed by atoms with van der Waals surface area (Å²) in [6.45, 7) is 0.334. The molecule has 0 amide bonds. The summed E-state index contributed by atoms with van der Waals surface area (Å²) >= 11 is 12.0. The van der Waals surface area contributed by atoms with Crippen molar-refractivity contribution in [3.8, 4) is 11.5 Å². The number of ether oxygens (including phenoxy) is 2. The van der Waals surface area contributed by atoms with Crippen LogP contribution in [0.5, 0.6) is 11.5 Å². The van der Waals surface area contributed by atoms with Crippen molar-refractivity contribution >= 4 is 58.8 Å². The Balaban J connectivity index is 0.00000288. The molecule has 0 aromatic heterocycles. The van der Waals surface area contributed by atoms with Crippen molar-refractivity contribution in [1.82, 2.24) is 0 Å². The zero-order valence-corrected chi connectivity index (χ0v) is 17.0. The first-order valence-electron chi connectivity index (χ1n) is 6.76. The third-order valence-corrected chi connectivity index (χ3v) is 3.69. The van der Waals surface area contributed by atoms with Crippen LogP contribution in [0.2, 0.25) is 10.0 Å². The van der Waals surface area contributed by atoms with Gasteiger partial charge in [-0.25, -0.2) is 4.99 Å². The number of methoxy groups -OCH3 is 2. The normalized spacial score (nSPS) is 10.8. The number of nitrogens with one attached hydrogen (secondary N) is 1. The SMILES string of the molecule is COc1ccc(OC)c(NC(N)=NCc2ccc(Cl)cc2Cl)c1.I. The maximum atomic E-state index is 6.11. The molecule has 24 heavy (non-hydrogen) atoms. The van der Waals surface area contributed by atoms with E-state index in [-0.39, 0.29) is 29.9 Å². The summed E-state index contributed by atoms with van der Waals surface area (Å²) in [7, 11) is 3.17. The fourth-order valence-electron chi connectivity index (χ4n) is 1.91. The maximum Gasteiger partial charge on any atom is 0.193 e. The van der Waals surface area contributed by atoms with Gasteiger partial charge in [-0.05, 0) is 29.8 Å². The van der Waals surface area contributed by atoms with Crippen molar-refractivity contribution in [3.05, 3.63) is 52.0 Å². The smallest absolute Gasteiger partial charge is 0.193 e. The molecule has 0 aliphatic rings. The molecule has 0 aliphatic carbocycles. The third-order valence-electron chi connectivity index (χ3n) is 3.10. The topological polar surface area (TPSA) is 68.9 Å². The highest BCUT2D eigenvalue weighted by molar-refractivity contribution is 14.0. The molecule has 0 unspecified atom stereocenters. The summed E-state index contributed by atoms with van der Waals surface area (Å²) < 4.78 is 10.5. The summed E-state index contributed by atoms with van der Waals surface area (Å²) in [4.78, 5) is 4.27. The lowest BCUT2D eigenvalue weighted by Crippen LogP contribution is -2.23. The fraction of sp³-hybridized carbons (Fsp3) is 0.188. The van der Waals surface area contributed by atoms with E-state index in [1.165, 1.54) is 0 Å². The lowest BCUT2D eigenvalue weighted by Gasteiger charge is -2.12. The average molecular weight is 482 g/mol. The summed E-state index contributed by atoms with van der Waals surface area (Å²) in [5, 5.41) is 4.12. The Morgan fingerprint density at radius 1 is 1.12 bits per heavy atom. The van der Waals surface area contributed by atoms with Gasteiger partial charge in [-0.3, -0.25) is 0 Å². The minimum Gasteiger partial charge on any atom is -0.497 e. The van der Waals surface area contributed by atoms with Crippen molar-refractivity contribution in [2.45, 2.75) is 6.54 Å². The van der Waals surface area contributed by atoms with Crippen molar-refractivity contribution in [3.63, 3.8) is 0 Å². The summed E-state index contributed by atoms with van der Waals surface area (Å²) in [5.41, 5.74) is 7.42. The first kappa shape index (κ1) is 20.7. The average Bonchev–Trinajstić information content (AvgIpc) is 2.54. The van der Waals surface area contributed by atoms with Crippen LogP contribution in [-0.4, -0.2) is 20.2 Å². The van der Waals surface area contributed by atoms with Gasteiger partial charge in [0.25, 0.3) is 0 Å². The summed E-state index contributed by atoms with van der Waals surface area (Å²) in [6.07, 6.45) is 0. The molecule has 2 aromatic rings. The van der Waals surface area contributed by atoms with Crippen LogP contribution in [-0.2, 0) is 6.54 Å². The molecule has 0 atom stereocenters. The number of anilines is 1. The minimum absolute atomic E-state index is 0. The number of rotatable bonds is 5. The summed E-state index contributed by atoms with van der Waals surface area (Å²) in [5.74, 6) is 1.55. The minimum atomic E-state index is 0. The Hall–Kier alpha value is -1.38. The number of nitrogens with two attached hydrogens (primary N) is 1. The molecule has 0 saturated heterocycles. The van der Waals surface area contributed by atoms with Crippen molar-refractivity contribution in [1.29, 1.82) is 0 Å². The zero-order valence-electron chi connectivity index (χ0n) is 13.2. The highest BCUT2D eigenvalue weighted by atomic mass is 127. The molecule has 0 bridgehead atoms. The monoisotopic (exact) mass is 481 g/mol. The highest BCUT2D eigenvalue weighted by Gasteiger charge is 2.06. The van der Waals surface area contributed by atoms with Gasteiger partial charge in [-0.15, -0.1) is 24.0 Å². The van der Waals surface area contributed by atoms with Gasteiger partial charge in [-0.1, -0.05) is 29.3 Å². The van der Waals surface area contributed by atoms with Gasteiger partial charge >= 0.3 is 0 Å². The molecular formula is C16H18Cl2IN3O2. The number of halogens is 3. The highest BCUT2D eigenvalue weighted by Crippen LogP contribution is 2.28. The predicted molar refractivity (Wildman–Crippen MR) is 110 cm³/mol. The Kier molecular flexibility index (Phi) is 8.44. The Bertz CT molecular complexity index is 726. The third kappa shape index (κ3) is 5.61. The molecule has 0 aliphatic heterocycles. The Morgan fingerprint density at radius 3 is 2.50 bits per heavy atom. The number of guanidine groups is 1. The molecule has 2 aromatic carbocycles. The lowest BCUT2D eigenvalue weighted by molar-refractivity contribution is 0.405. The number of hydrogen-bond acceptors (Lipinski definition) is 3. The van der Waals surface area contributed by atoms with E-state index < -0.39 is 0 Å². The quantitative estimate of drug-likeness (QED) is 0.373. The molecule has 5 nitrogen and oxygen atoms in total. The largest absolute Gasteiger partial charge is 0.497 e. The number of hydrogen-bond donors (Lipinski definition) is 2. The van der Waals surface area contributed by atoms with Gasteiger partial charge in [0.15, 0.2) is 5.96 Å². The van der Waals surface area contributed by atoms with Crippen LogP contribution in [0.3, 0.4) is 0 Å². The number of aliphatic imine (C=N–C) groups is 1. The lowest BCUT2D eigenvalue weighted by atomic mass is 10.2.